The van der Waals surface area contributed by atoms with Crippen LogP contribution in [-0.2, 0) is 5.41 Å². The van der Waals surface area contributed by atoms with Crippen molar-refractivity contribution in [1.82, 2.24) is 0 Å². The standard InChI is InChI=1S/C20H25NO2/c1-5-6-11-20(2)15-9-7-8-10-16(15)21(3)17-12-14(23-4)13-18(22)19(17)20/h7-10,12-13,22H,5-6,11H2,1-4H3. The van der Waals surface area contributed by atoms with E-state index in [0.717, 1.165) is 30.5 Å². The lowest BCUT2D eigenvalue weighted by Crippen LogP contribution is -2.33. The number of hydrogen-bond donors (Lipinski definition) is 1. The van der Waals surface area contributed by atoms with Gasteiger partial charge in [-0.3, -0.25) is 0 Å². The number of hydrogen-bond acceptors (Lipinski definition) is 3. The van der Waals surface area contributed by atoms with E-state index in [1.807, 2.05) is 6.07 Å². The van der Waals surface area contributed by atoms with Crippen LogP contribution in [0, 0.1) is 0 Å². The minimum absolute atomic E-state index is 0.190. The first kappa shape index (κ1) is 15.7. The molecule has 0 saturated carbocycles. The zero-order valence-electron chi connectivity index (χ0n) is 14.4. The van der Waals surface area contributed by atoms with Gasteiger partial charge in [0, 0.05) is 35.8 Å². The first-order valence-electron chi connectivity index (χ1n) is 8.27. The molecule has 1 aliphatic rings. The lowest BCUT2D eigenvalue weighted by Gasteiger charge is -2.43. The van der Waals surface area contributed by atoms with Crippen molar-refractivity contribution in [2.75, 3.05) is 19.1 Å². The Bertz CT molecular complexity index is 726. The minimum atomic E-state index is -0.190. The van der Waals surface area contributed by atoms with Crippen LogP contribution < -0.4 is 9.64 Å². The molecule has 0 amide bonds. The van der Waals surface area contributed by atoms with Crippen LogP contribution in [0.2, 0.25) is 0 Å². The molecule has 3 nitrogen and oxygen atoms in total. The predicted molar refractivity (Wildman–Crippen MR) is 95.1 cm³/mol. The van der Waals surface area contributed by atoms with Crippen LogP contribution in [-0.4, -0.2) is 19.3 Å². The molecule has 0 radical (unpaired) electrons. The molecule has 1 atom stereocenters. The van der Waals surface area contributed by atoms with E-state index in [-0.39, 0.29) is 5.41 Å². The summed E-state index contributed by atoms with van der Waals surface area (Å²) < 4.78 is 5.36. The van der Waals surface area contributed by atoms with Gasteiger partial charge >= 0.3 is 0 Å². The number of aromatic hydroxyl groups is 1. The number of nitrogens with zero attached hydrogens (tertiary/aromatic N) is 1. The molecule has 1 unspecified atom stereocenters. The normalized spacial score (nSPS) is 19.2. The summed E-state index contributed by atoms with van der Waals surface area (Å²) in [4.78, 5) is 2.15. The van der Waals surface area contributed by atoms with Gasteiger partial charge in [-0.05, 0) is 18.1 Å². The smallest absolute Gasteiger partial charge is 0.125 e. The summed E-state index contributed by atoms with van der Waals surface area (Å²) in [7, 11) is 3.68. The molecular weight excluding hydrogens is 286 g/mol. The van der Waals surface area contributed by atoms with E-state index in [1.165, 1.54) is 11.3 Å². The Morgan fingerprint density at radius 2 is 1.91 bits per heavy atom. The molecule has 0 aliphatic carbocycles. The fourth-order valence-electron chi connectivity index (χ4n) is 3.82. The number of fused-ring (bicyclic) bond motifs is 2. The van der Waals surface area contributed by atoms with Crippen LogP contribution in [0.5, 0.6) is 11.5 Å². The number of phenolic OH excluding ortho intramolecular Hbond substituents is 1. The molecule has 2 aromatic carbocycles. The zero-order valence-corrected chi connectivity index (χ0v) is 14.4. The highest BCUT2D eigenvalue weighted by molar-refractivity contribution is 5.80. The predicted octanol–water partition coefficient (Wildman–Crippen LogP) is 4.98. The molecule has 1 heterocycles. The highest BCUT2D eigenvalue weighted by Gasteiger charge is 2.40. The van der Waals surface area contributed by atoms with Gasteiger partial charge in [0.25, 0.3) is 0 Å². The van der Waals surface area contributed by atoms with E-state index in [0.29, 0.717) is 11.5 Å². The van der Waals surface area contributed by atoms with Crippen LogP contribution in [0.3, 0.4) is 0 Å². The number of methoxy groups -OCH3 is 1. The van der Waals surface area contributed by atoms with Gasteiger partial charge in [0.2, 0.25) is 0 Å². The summed E-state index contributed by atoms with van der Waals surface area (Å²) in [6.07, 6.45) is 3.28. The highest BCUT2D eigenvalue weighted by Crippen LogP contribution is 2.54. The first-order chi connectivity index (χ1) is 11.0. The van der Waals surface area contributed by atoms with Crippen LogP contribution in [0.1, 0.15) is 44.2 Å². The van der Waals surface area contributed by atoms with E-state index in [2.05, 4.69) is 50.1 Å². The second-order valence-electron chi connectivity index (χ2n) is 6.55. The van der Waals surface area contributed by atoms with Gasteiger partial charge in [0.1, 0.15) is 11.5 Å². The second kappa shape index (κ2) is 5.80. The number of anilines is 2. The van der Waals surface area contributed by atoms with E-state index >= 15 is 0 Å². The van der Waals surface area contributed by atoms with Crippen LogP contribution in [0.15, 0.2) is 36.4 Å². The van der Waals surface area contributed by atoms with Gasteiger partial charge in [0.05, 0.1) is 12.8 Å². The minimum Gasteiger partial charge on any atom is -0.507 e. The molecule has 122 valence electrons. The average Bonchev–Trinajstić information content (AvgIpc) is 2.57. The molecule has 0 aromatic heterocycles. The van der Waals surface area contributed by atoms with Crippen LogP contribution in [0.4, 0.5) is 11.4 Å². The third-order valence-electron chi connectivity index (χ3n) is 5.11. The van der Waals surface area contributed by atoms with Gasteiger partial charge in [0.15, 0.2) is 0 Å². The Morgan fingerprint density at radius 1 is 1.17 bits per heavy atom. The van der Waals surface area contributed by atoms with Crippen LogP contribution in [0.25, 0.3) is 0 Å². The Balaban J connectivity index is 2.28. The quantitative estimate of drug-likeness (QED) is 0.864. The van der Waals surface area contributed by atoms with E-state index in [1.54, 1.807) is 13.2 Å². The number of ether oxygens (including phenoxy) is 1. The van der Waals surface area contributed by atoms with Crippen molar-refractivity contribution in [3.8, 4) is 11.5 Å². The SMILES string of the molecule is CCCCC1(C)c2ccccc2N(C)c2cc(OC)cc(O)c21. The molecule has 1 aliphatic heterocycles. The monoisotopic (exact) mass is 311 g/mol. The summed E-state index contributed by atoms with van der Waals surface area (Å²) in [5.74, 6) is 1.00. The number of rotatable bonds is 4. The number of para-hydroxylation sites is 1. The highest BCUT2D eigenvalue weighted by atomic mass is 16.5. The molecule has 0 saturated heterocycles. The Labute approximate surface area is 138 Å². The molecule has 3 heteroatoms. The Hall–Kier alpha value is -2.16. The van der Waals surface area contributed by atoms with Crippen molar-refractivity contribution in [3.05, 3.63) is 47.5 Å². The van der Waals surface area contributed by atoms with Crippen molar-refractivity contribution in [2.45, 2.75) is 38.5 Å². The summed E-state index contributed by atoms with van der Waals surface area (Å²) in [5.41, 5.74) is 4.33. The zero-order chi connectivity index (χ0) is 16.6. The van der Waals surface area contributed by atoms with Gasteiger partial charge in [-0.2, -0.15) is 0 Å². The van der Waals surface area contributed by atoms with Crippen molar-refractivity contribution in [2.24, 2.45) is 0 Å². The topological polar surface area (TPSA) is 32.7 Å². The van der Waals surface area contributed by atoms with Crippen molar-refractivity contribution in [3.63, 3.8) is 0 Å². The summed E-state index contributed by atoms with van der Waals surface area (Å²) in [6.45, 7) is 4.46. The van der Waals surface area contributed by atoms with E-state index in [4.69, 9.17) is 4.74 Å². The second-order valence-corrected chi connectivity index (χ2v) is 6.55. The Morgan fingerprint density at radius 3 is 2.61 bits per heavy atom. The van der Waals surface area contributed by atoms with Gasteiger partial charge in [-0.1, -0.05) is 44.9 Å². The van der Waals surface area contributed by atoms with Crippen molar-refractivity contribution in [1.29, 1.82) is 0 Å². The van der Waals surface area contributed by atoms with E-state index < -0.39 is 0 Å². The molecular formula is C20H25NO2. The maximum absolute atomic E-state index is 10.7. The maximum Gasteiger partial charge on any atom is 0.125 e. The van der Waals surface area contributed by atoms with Crippen LogP contribution >= 0.6 is 0 Å². The Kier molecular flexibility index (Phi) is 3.97. The summed E-state index contributed by atoms with van der Waals surface area (Å²) in [6, 6.07) is 12.2. The fourth-order valence-corrected chi connectivity index (χ4v) is 3.82. The van der Waals surface area contributed by atoms with Crippen molar-refractivity contribution >= 4 is 11.4 Å². The number of benzene rings is 2. The van der Waals surface area contributed by atoms with Crippen molar-refractivity contribution < 1.29 is 9.84 Å². The number of phenols is 1. The molecule has 1 N–H and O–H groups in total. The molecule has 3 rings (SSSR count). The number of unbranched alkanes of at least 4 members (excludes halogenated alkanes) is 1. The maximum atomic E-state index is 10.7. The third kappa shape index (κ3) is 2.35. The molecule has 23 heavy (non-hydrogen) atoms. The third-order valence-corrected chi connectivity index (χ3v) is 5.11. The van der Waals surface area contributed by atoms with E-state index in [9.17, 15) is 5.11 Å². The summed E-state index contributed by atoms with van der Waals surface area (Å²) in [5, 5.41) is 10.7. The fraction of sp³-hybridized carbons (Fsp3) is 0.400. The first-order valence-corrected chi connectivity index (χ1v) is 8.27. The van der Waals surface area contributed by atoms with Gasteiger partial charge in [-0.15, -0.1) is 0 Å². The molecule has 0 fully saturated rings. The van der Waals surface area contributed by atoms with Gasteiger partial charge < -0.3 is 14.7 Å². The largest absolute Gasteiger partial charge is 0.507 e. The average molecular weight is 311 g/mol. The molecule has 0 spiro atoms. The summed E-state index contributed by atoms with van der Waals surface area (Å²) >= 11 is 0. The lowest BCUT2D eigenvalue weighted by atomic mass is 9.69. The lowest BCUT2D eigenvalue weighted by molar-refractivity contribution is 0.398. The van der Waals surface area contributed by atoms with Gasteiger partial charge in [-0.25, -0.2) is 0 Å². The molecule has 2 aromatic rings. The molecule has 0 bridgehead atoms.